The minimum Gasteiger partial charge on any atom is -0.377 e. The molecule has 2 aliphatic rings. The molecule has 0 aromatic heterocycles. The number of anilines is 1. The Morgan fingerprint density at radius 3 is 2.36 bits per heavy atom. The highest BCUT2D eigenvalue weighted by atomic mass is 19.1. The van der Waals surface area contributed by atoms with E-state index >= 15 is 0 Å². The molecule has 1 spiro atoms. The lowest BCUT2D eigenvalue weighted by molar-refractivity contribution is -0.146. The number of rotatable bonds is 3. The standard InChI is InChI=1S/C21H22F2N2O3/c22-17-3-1-16(2-4-17)11-24-9-10-27-15-21(13-24)14-25(20(26)12-28-21)19-7-5-18(23)6-8-19/h1-8H,9-15H2/t21-/m1/s1. The normalized spacial score (nSPS) is 23.8. The molecule has 148 valence electrons. The number of morpholine rings is 1. The summed E-state index contributed by atoms with van der Waals surface area (Å²) in [5, 5.41) is 0. The van der Waals surface area contributed by atoms with E-state index in [1.807, 2.05) is 0 Å². The van der Waals surface area contributed by atoms with Crippen molar-refractivity contribution in [2.24, 2.45) is 0 Å². The second-order valence-corrected chi connectivity index (χ2v) is 7.32. The number of hydrogen-bond acceptors (Lipinski definition) is 4. The fourth-order valence-electron chi connectivity index (χ4n) is 3.72. The van der Waals surface area contributed by atoms with Crippen molar-refractivity contribution in [1.82, 2.24) is 4.90 Å². The summed E-state index contributed by atoms with van der Waals surface area (Å²) in [6.07, 6.45) is 0. The lowest BCUT2D eigenvalue weighted by atomic mass is 10.0. The SMILES string of the molecule is O=C1CO[C@@]2(COCCN(Cc3ccc(F)cc3)C2)CN1c1ccc(F)cc1. The number of amides is 1. The molecule has 2 saturated heterocycles. The van der Waals surface area contributed by atoms with E-state index in [-0.39, 0.29) is 24.1 Å². The van der Waals surface area contributed by atoms with Crippen LogP contribution in [0.15, 0.2) is 48.5 Å². The highest BCUT2D eigenvalue weighted by Gasteiger charge is 2.43. The Morgan fingerprint density at radius 2 is 1.64 bits per heavy atom. The van der Waals surface area contributed by atoms with Gasteiger partial charge >= 0.3 is 0 Å². The van der Waals surface area contributed by atoms with Gasteiger partial charge in [0.1, 0.15) is 23.8 Å². The fraction of sp³-hybridized carbons (Fsp3) is 0.381. The number of nitrogens with zero attached hydrogens (tertiary/aromatic N) is 2. The maximum Gasteiger partial charge on any atom is 0.253 e. The number of halogens is 2. The zero-order chi connectivity index (χ0) is 19.6. The lowest BCUT2D eigenvalue weighted by Crippen LogP contribution is -2.60. The number of ether oxygens (including phenoxy) is 2. The van der Waals surface area contributed by atoms with Crippen molar-refractivity contribution in [2.75, 3.05) is 44.4 Å². The Labute approximate surface area is 162 Å². The zero-order valence-corrected chi connectivity index (χ0v) is 15.4. The first-order valence-corrected chi connectivity index (χ1v) is 9.27. The molecule has 0 N–H and O–H groups in total. The van der Waals surface area contributed by atoms with E-state index < -0.39 is 5.60 Å². The van der Waals surface area contributed by atoms with Gasteiger partial charge in [-0.3, -0.25) is 9.69 Å². The first-order valence-electron chi connectivity index (χ1n) is 9.27. The van der Waals surface area contributed by atoms with Gasteiger partial charge in [0, 0.05) is 25.3 Å². The van der Waals surface area contributed by atoms with E-state index in [1.165, 1.54) is 24.3 Å². The molecule has 1 amide bonds. The summed E-state index contributed by atoms with van der Waals surface area (Å²) in [4.78, 5) is 16.2. The molecule has 4 rings (SSSR count). The predicted molar refractivity (Wildman–Crippen MR) is 99.9 cm³/mol. The van der Waals surface area contributed by atoms with Gasteiger partial charge in [-0.15, -0.1) is 0 Å². The van der Waals surface area contributed by atoms with Crippen LogP contribution in [0, 0.1) is 11.6 Å². The van der Waals surface area contributed by atoms with Gasteiger partial charge in [0.15, 0.2) is 0 Å². The largest absolute Gasteiger partial charge is 0.377 e. The van der Waals surface area contributed by atoms with E-state index in [0.29, 0.717) is 45.1 Å². The van der Waals surface area contributed by atoms with Crippen LogP contribution in [0.3, 0.4) is 0 Å². The van der Waals surface area contributed by atoms with Crippen molar-refractivity contribution in [2.45, 2.75) is 12.1 Å². The molecule has 28 heavy (non-hydrogen) atoms. The van der Waals surface area contributed by atoms with Gasteiger partial charge in [-0.25, -0.2) is 8.78 Å². The van der Waals surface area contributed by atoms with Crippen LogP contribution in [0.1, 0.15) is 5.56 Å². The van der Waals surface area contributed by atoms with Crippen LogP contribution in [0.25, 0.3) is 0 Å². The van der Waals surface area contributed by atoms with Gasteiger partial charge in [0.05, 0.1) is 19.8 Å². The molecule has 2 aromatic carbocycles. The van der Waals surface area contributed by atoms with Gasteiger partial charge in [-0.05, 0) is 42.0 Å². The number of carbonyl (C=O) groups excluding carboxylic acids is 1. The summed E-state index contributed by atoms with van der Waals surface area (Å²) in [6.45, 7) is 3.14. The van der Waals surface area contributed by atoms with Crippen LogP contribution < -0.4 is 4.90 Å². The van der Waals surface area contributed by atoms with Crippen LogP contribution in [0.2, 0.25) is 0 Å². The number of benzene rings is 2. The Bertz CT molecular complexity index is 829. The molecular formula is C21H22F2N2O3. The second kappa shape index (κ2) is 7.95. The van der Waals surface area contributed by atoms with Gasteiger partial charge in [-0.1, -0.05) is 12.1 Å². The number of carbonyl (C=O) groups is 1. The number of hydrogen-bond donors (Lipinski definition) is 0. The first-order chi connectivity index (χ1) is 13.5. The molecule has 0 unspecified atom stereocenters. The summed E-state index contributed by atoms with van der Waals surface area (Å²) >= 11 is 0. The van der Waals surface area contributed by atoms with Crippen LogP contribution in [-0.4, -0.2) is 55.9 Å². The fourth-order valence-corrected chi connectivity index (χ4v) is 3.72. The van der Waals surface area contributed by atoms with Crippen molar-refractivity contribution in [3.8, 4) is 0 Å². The average molecular weight is 388 g/mol. The maximum atomic E-state index is 13.3. The van der Waals surface area contributed by atoms with E-state index in [4.69, 9.17) is 9.47 Å². The van der Waals surface area contributed by atoms with Crippen LogP contribution in [0.5, 0.6) is 0 Å². The molecule has 1 atom stereocenters. The molecule has 2 aromatic rings. The molecule has 0 saturated carbocycles. The Balaban J connectivity index is 1.52. The van der Waals surface area contributed by atoms with Crippen LogP contribution >= 0.6 is 0 Å². The van der Waals surface area contributed by atoms with Crippen molar-refractivity contribution >= 4 is 11.6 Å². The molecule has 0 bridgehead atoms. The summed E-state index contributed by atoms with van der Waals surface area (Å²) < 4.78 is 38.2. The molecule has 2 heterocycles. The first kappa shape index (κ1) is 19.0. The smallest absolute Gasteiger partial charge is 0.253 e. The summed E-state index contributed by atoms with van der Waals surface area (Å²) in [7, 11) is 0. The van der Waals surface area contributed by atoms with E-state index in [2.05, 4.69) is 4.90 Å². The summed E-state index contributed by atoms with van der Waals surface area (Å²) in [5.74, 6) is -0.766. The molecule has 2 aliphatic heterocycles. The predicted octanol–water partition coefficient (Wildman–Crippen LogP) is 2.60. The third kappa shape index (κ3) is 4.22. The monoisotopic (exact) mass is 388 g/mol. The van der Waals surface area contributed by atoms with E-state index in [1.54, 1.807) is 29.2 Å². The van der Waals surface area contributed by atoms with Crippen molar-refractivity contribution < 1.29 is 23.0 Å². The van der Waals surface area contributed by atoms with Gasteiger partial charge in [0.2, 0.25) is 0 Å². The van der Waals surface area contributed by atoms with Crippen LogP contribution in [-0.2, 0) is 20.8 Å². The summed E-state index contributed by atoms with van der Waals surface area (Å²) in [6, 6.07) is 12.3. The Kier molecular flexibility index (Phi) is 5.39. The highest BCUT2D eigenvalue weighted by Crippen LogP contribution is 2.28. The molecule has 7 heteroatoms. The Hall–Kier alpha value is -2.35. The van der Waals surface area contributed by atoms with Crippen molar-refractivity contribution in [3.05, 3.63) is 65.7 Å². The highest BCUT2D eigenvalue weighted by molar-refractivity contribution is 5.95. The lowest BCUT2D eigenvalue weighted by Gasteiger charge is -2.43. The maximum absolute atomic E-state index is 13.3. The molecular weight excluding hydrogens is 366 g/mol. The third-order valence-electron chi connectivity index (χ3n) is 5.14. The molecule has 0 radical (unpaired) electrons. The van der Waals surface area contributed by atoms with E-state index in [9.17, 15) is 13.6 Å². The van der Waals surface area contributed by atoms with Gasteiger partial charge < -0.3 is 14.4 Å². The Morgan fingerprint density at radius 1 is 0.964 bits per heavy atom. The van der Waals surface area contributed by atoms with Gasteiger partial charge in [0.25, 0.3) is 5.91 Å². The zero-order valence-electron chi connectivity index (χ0n) is 15.4. The van der Waals surface area contributed by atoms with Gasteiger partial charge in [-0.2, -0.15) is 0 Å². The second-order valence-electron chi connectivity index (χ2n) is 7.32. The minimum atomic E-state index is -0.668. The minimum absolute atomic E-state index is 0.0505. The quantitative estimate of drug-likeness (QED) is 0.811. The summed E-state index contributed by atoms with van der Waals surface area (Å²) in [5.41, 5.74) is 0.975. The topological polar surface area (TPSA) is 42.0 Å². The molecule has 0 aliphatic carbocycles. The van der Waals surface area contributed by atoms with Crippen LogP contribution in [0.4, 0.5) is 14.5 Å². The van der Waals surface area contributed by atoms with Crippen molar-refractivity contribution in [1.29, 1.82) is 0 Å². The molecule has 2 fully saturated rings. The third-order valence-corrected chi connectivity index (χ3v) is 5.14. The average Bonchev–Trinajstić information content (AvgIpc) is 2.89. The van der Waals surface area contributed by atoms with E-state index in [0.717, 1.165) is 5.56 Å². The molecule has 5 nitrogen and oxygen atoms in total. The van der Waals surface area contributed by atoms with Crippen molar-refractivity contribution in [3.63, 3.8) is 0 Å².